The summed E-state index contributed by atoms with van der Waals surface area (Å²) in [5, 5.41) is 11.6. The van der Waals surface area contributed by atoms with E-state index in [-0.39, 0.29) is 23.8 Å². The van der Waals surface area contributed by atoms with E-state index in [2.05, 4.69) is 22.1 Å². The summed E-state index contributed by atoms with van der Waals surface area (Å²) in [4.78, 5) is 29.7. The molecule has 1 aromatic heterocycles. The number of nitrogens with one attached hydrogen (secondary N) is 1. The van der Waals surface area contributed by atoms with E-state index in [0.717, 1.165) is 21.2 Å². The molecule has 37 heavy (non-hydrogen) atoms. The highest BCUT2D eigenvalue weighted by atomic mass is 32.2. The number of carbonyl (C=O) groups excluding carboxylic acids is 2. The number of hydrogen-bond donors (Lipinski definition) is 1. The van der Waals surface area contributed by atoms with Crippen molar-refractivity contribution in [3.05, 3.63) is 103 Å². The molecule has 10 heteroatoms. The number of benzene rings is 3. The van der Waals surface area contributed by atoms with Crippen LogP contribution in [0.1, 0.15) is 16.2 Å². The summed E-state index contributed by atoms with van der Waals surface area (Å²) in [6.07, 6.45) is 1.69. The Balaban J connectivity index is 1.32. The summed E-state index contributed by atoms with van der Waals surface area (Å²) in [5.74, 6) is -0.626. The van der Waals surface area contributed by atoms with Crippen LogP contribution in [0.25, 0.3) is 0 Å². The van der Waals surface area contributed by atoms with E-state index in [4.69, 9.17) is 0 Å². The zero-order chi connectivity index (χ0) is 25.8. The summed E-state index contributed by atoms with van der Waals surface area (Å²) in [5.41, 5.74) is 1.65. The van der Waals surface area contributed by atoms with Crippen LogP contribution >= 0.6 is 23.5 Å². The first-order valence-corrected chi connectivity index (χ1v) is 13.2. The SMILES string of the molecule is C=CCn1c(CNC(=O)c2ccccc2F)nnc1SCC(=O)N1c2ccccc2Sc2ccccc21. The van der Waals surface area contributed by atoms with Crippen molar-refractivity contribution < 1.29 is 14.0 Å². The van der Waals surface area contributed by atoms with Gasteiger partial charge in [0.2, 0.25) is 5.91 Å². The second kappa shape index (κ2) is 11.0. The van der Waals surface area contributed by atoms with Gasteiger partial charge in [0.25, 0.3) is 5.91 Å². The molecule has 5 rings (SSSR count). The molecule has 7 nitrogen and oxygen atoms in total. The van der Waals surface area contributed by atoms with E-state index in [1.54, 1.807) is 33.4 Å². The Morgan fingerprint density at radius 3 is 2.30 bits per heavy atom. The molecule has 0 fully saturated rings. The highest BCUT2D eigenvalue weighted by molar-refractivity contribution is 8.00. The maximum absolute atomic E-state index is 13.9. The third-order valence-corrected chi connectivity index (χ3v) is 7.72. The Morgan fingerprint density at radius 1 is 0.973 bits per heavy atom. The van der Waals surface area contributed by atoms with Crippen molar-refractivity contribution in [2.24, 2.45) is 0 Å². The van der Waals surface area contributed by atoms with Gasteiger partial charge in [-0.3, -0.25) is 14.5 Å². The average Bonchev–Trinajstić information content (AvgIpc) is 3.30. The van der Waals surface area contributed by atoms with Crippen LogP contribution in [0.4, 0.5) is 15.8 Å². The molecular formula is C27H22FN5O2S2. The zero-order valence-electron chi connectivity index (χ0n) is 19.6. The van der Waals surface area contributed by atoms with Gasteiger partial charge < -0.3 is 9.88 Å². The molecule has 1 aliphatic heterocycles. The lowest BCUT2D eigenvalue weighted by atomic mass is 10.2. The smallest absolute Gasteiger partial charge is 0.254 e. The molecule has 0 saturated carbocycles. The van der Waals surface area contributed by atoms with E-state index in [9.17, 15) is 14.0 Å². The zero-order valence-corrected chi connectivity index (χ0v) is 21.3. The highest BCUT2D eigenvalue weighted by Crippen LogP contribution is 2.48. The van der Waals surface area contributed by atoms with Crippen molar-refractivity contribution >= 4 is 46.7 Å². The minimum Gasteiger partial charge on any atom is -0.345 e. The Hall–Kier alpha value is -3.89. The quantitative estimate of drug-likeness (QED) is 0.240. The van der Waals surface area contributed by atoms with Crippen LogP contribution in [0.5, 0.6) is 0 Å². The average molecular weight is 532 g/mol. The lowest BCUT2D eigenvalue weighted by Crippen LogP contribution is -2.30. The second-order valence-electron chi connectivity index (χ2n) is 8.02. The van der Waals surface area contributed by atoms with Gasteiger partial charge in [-0.2, -0.15) is 0 Å². The predicted octanol–water partition coefficient (Wildman–Crippen LogP) is 5.45. The van der Waals surface area contributed by atoms with Crippen molar-refractivity contribution in [3.8, 4) is 0 Å². The van der Waals surface area contributed by atoms with Crippen LogP contribution in [0, 0.1) is 5.82 Å². The van der Waals surface area contributed by atoms with Crippen LogP contribution in [-0.4, -0.2) is 32.3 Å². The first kappa shape index (κ1) is 24.8. The molecule has 3 aromatic carbocycles. The Kier molecular flexibility index (Phi) is 7.38. The van der Waals surface area contributed by atoms with Gasteiger partial charge in [-0.15, -0.1) is 16.8 Å². The summed E-state index contributed by atoms with van der Waals surface area (Å²) >= 11 is 2.90. The largest absolute Gasteiger partial charge is 0.345 e. The number of fused-ring (bicyclic) bond motifs is 2. The number of allylic oxidation sites excluding steroid dienone is 1. The number of nitrogens with zero attached hydrogens (tertiary/aromatic N) is 4. The van der Waals surface area contributed by atoms with Gasteiger partial charge in [0.1, 0.15) is 5.82 Å². The van der Waals surface area contributed by atoms with Crippen molar-refractivity contribution in [1.29, 1.82) is 0 Å². The fourth-order valence-electron chi connectivity index (χ4n) is 3.93. The molecule has 186 valence electrons. The topological polar surface area (TPSA) is 80.1 Å². The molecule has 0 aliphatic carbocycles. The number of hydrogen-bond acceptors (Lipinski definition) is 6. The normalized spacial score (nSPS) is 12.0. The van der Waals surface area contributed by atoms with Gasteiger partial charge in [-0.1, -0.05) is 66.0 Å². The molecule has 1 N–H and O–H groups in total. The first-order valence-electron chi connectivity index (χ1n) is 11.4. The summed E-state index contributed by atoms with van der Waals surface area (Å²) in [6.45, 7) is 4.23. The number of thioether (sulfide) groups is 1. The van der Waals surface area contributed by atoms with E-state index in [0.29, 0.717) is 17.5 Å². The maximum atomic E-state index is 13.9. The maximum Gasteiger partial charge on any atom is 0.254 e. The van der Waals surface area contributed by atoms with E-state index >= 15 is 0 Å². The van der Waals surface area contributed by atoms with E-state index in [1.165, 1.54) is 30.0 Å². The third kappa shape index (κ3) is 5.16. The van der Waals surface area contributed by atoms with Gasteiger partial charge in [-0.25, -0.2) is 4.39 Å². The Morgan fingerprint density at radius 2 is 1.62 bits per heavy atom. The first-order chi connectivity index (χ1) is 18.1. The van der Waals surface area contributed by atoms with Gasteiger partial charge in [0.05, 0.1) is 29.2 Å². The summed E-state index contributed by atoms with van der Waals surface area (Å²) in [7, 11) is 0. The molecule has 0 spiro atoms. The third-order valence-electron chi connectivity index (χ3n) is 5.64. The number of carbonyl (C=O) groups is 2. The molecule has 2 amide bonds. The number of aromatic nitrogens is 3. The number of amides is 2. The molecule has 0 atom stereocenters. The van der Waals surface area contributed by atoms with Crippen LogP contribution < -0.4 is 10.2 Å². The summed E-state index contributed by atoms with van der Waals surface area (Å²) in [6, 6.07) is 21.4. The van der Waals surface area contributed by atoms with Crippen LogP contribution in [0.2, 0.25) is 0 Å². The van der Waals surface area contributed by atoms with E-state index < -0.39 is 11.7 Å². The molecule has 1 aliphatic rings. The second-order valence-corrected chi connectivity index (χ2v) is 10.0. The molecule has 0 saturated heterocycles. The van der Waals surface area contributed by atoms with E-state index in [1.807, 2.05) is 48.5 Å². The lowest BCUT2D eigenvalue weighted by molar-refractivity contribution is -0.115. The van der Waals surface area contributed by atoms with Crippen LogP contribution in [0.15, 0.2) is 100 Å². The number of rotatable bonds is 8. The minimum absolute atomic E-state index is 0.0438. The van der Waals surface area contributed by atoms with Crippen LogP contribution in [-0.2, 0) is 17.9 Å². The molecule has 0 bridgehead atoms. The number of halogens is 1. The molecule has 0 unspecified atom stereocenters. The predicted molar refractivity (Wildman–Crippen MR) is 143 cm³/mol. The standard InChI is InChI=1S/C27H22FN5O2S2/c1-2-15-32-24(16-29-26(35)18-9-3-4-10-19(18)28)30-31-27(32)36-17-25(34)33-20-11-5-7-13-22(20)37-23-14-8-6-12-21(23)33/h2-14H,1,15-17H2,(H,29,35). The van der Waals surface area contributed by atoms with Crippen molar-refractivity contribution in [3.63, 3.8) is 0 Å². The highest BCUT2D eigenvalue weighted by Gasteiger charge is 2.28. The molecule has 0 radical (unpaired) electrons. The number of para-hydroxylation sites is 2. The van der Waals surface area contributed by atoms with Crippen molar-refractivity contribution in [1.82, 2.24) is 20.1 Å². The molecular weight excluding hydrogens is 509 g/mol. The summed E-state index contributed by atoms with van der Waals surface area (Å²) < 4.78 is 15.7. The van der Waals surface area contributed by atoms with Gasteiger partial charge >= 0.3 is 0 Å². The Bertz CT molecular complexity index is 1440. The van der Waals surface area contributed by atoms with Crippen molar-refractivity contribution in [2.75, 3.05) is 10.7 Å². The molecule has 4 aromatic rings. The number of anilines is 2. The lowest BCUT2D eigenvalue weighted by Gasteiger charge is -2.30. The molecule has 2 heterocycles. The Labute approximate surface area is 221 Å². The monoisotopic (exact) mass is 531 g/mol. The minimum atomic E-state index is -0.596. The van der Waals surface area contributed by atoms with Gasteiger partial charge in [0, 0.05) is 16.3 Å². The fourth-order valence-corrected chi connectivity index (χ4v) is 5.81. The fraction of sp³-hybridized carbons (Fsp3) is 0.111. The van der Waals surface area contributed by atoms with Crippen LogP contribution in [0.3, 0.4) is 0 Å². The van der Waals surface area contributed by atoms with Crippen molar-refractivity contribution in [2.45, 2.75) is 28.0 Å². The van der Waals surface area contributed by atoms with Gasteiger partial charge in [0.15, 0.2) is 11.0 Å². The van der Waals surface area contributed by atoms with Gasteiger partial charge in [-0.05, 0) is 36.4 Å².